The molecule has 5 fully saturated rings. The van der Waals surface area contributed by atoms with E-state index >= 15 is 0 Å². The molecule has 2 unspecified atom stereocenters. The van der Waals surface area contributed by atoms with Crippen molar-refractivity contribution in [1.82, 2.24) is 5.32 Å². The number of rotatable bonds is 14. The summed E-state index contributed by atoms with van der Waals surface area (Å²) in [5, 5.41) is 48.6. The maximum absolute atomic E-state index is 13.7. The summed E-state index contributed by atoms with van der Waals surface area (Å²) in [5.41, 5.74) is -1.63. The first-order valence-electron chi connectivity index (χ1n) is 24.0. The zero-order chi connectivity index (χ0) is 43.9. The van der Waals surface area contributed by atoms with Crippen molar-refractivity contribution in [3.63, 3.8) is 0 Å². The Balaban J connectivity index is 1.23. The van der Waals surface area contributed by atoms with Crippen LogP contribution in [0, 0.1) is 47.3 Å². The third kappa shape index (κ3) is 9.15. The fourth-order valence-electron chi connectivity index (χ4n) is 12.3. The number of hydrogen-bond acceptors (Lipinski definition) is 10. The van der Waals surface area contributed by atoms with Crippen molar-refractivity contribution in [1.29, 1.82) is 0 Å². The van der Waals surface area contributed by atoms with Crippen molar-refractivity contribution in [3.8, 4) is 0 Å². The van der Waals surface area contributed by atoms with Gasteiger partial charge in [-0.1, -0.05) is 74.3 Å². The van der Waals surface area contributed by atoms with Gasteiger partial charge in [0.25, 0.3) is 0 Å². The average molecular weight is 848 g/mol. The quantitative estimate of drug-likeness (QED) is 0.111. The molecule has 60 heavy (non-hydrogen) atoms. The normalized spacial score (nSPS) is 44.3. The first-order chi connectivity index (χ1) is 28.3. The SMILES string of the molecule is CCC(C(O)[C@@H](C)[C@@H](O)[C@H](C)[C@@H]1O[C@@H]([C@@H](CC)C(=O)O)CC[C@@H]1C)[C@H]1O[C@]2(C=C[C@@H](NC(=O)C3CCCC3)[C@]3(CC[C@@](C)([C@H]4CC[C@](O)(CC)[C@H](C)O4)O3)O2)[C@H](C)C[C@@H]1C. The minimum Gasteiger partial charge on any atom is -0.481 e. The standard InChI is InChI=1S/C48H81NO11/c1-11-34(44(53)54)36-19-18-27(4)41(57-36)31(8)39(50)30(7)40(51)35(12-2)42-28(5)26-29(6)47(58-42)23-20-37(49-43(52)33-16-14-15-17-33)48(60-47)25-24-45(10,59-48)38-21-22-46(55,13-3)32(9)56-38/h20,23,27-42,50-51,55H,11-19,21-22,24-26H2,1-10H3,(H,49,52)(H,53,54)/t27-,28-,29+,30-,31-,32-,34+,35?,36+,37+,38+,39+,40?,41+,42-,45-,46+,47-,48-/m0/s1. The van der Waals surface area contributed by atoms with Crippen molar-refractivity contribution >= 4 is 11.9 Å². The fourth-order valence-corrected chi connectivity index (χ4v) is 12.3. The Kier molecular flexibility index (Phi) is 15.0. The van der Waals surface area contributed by atoms with E-state index in [0.29, 0.717) is 51.4 Å². The second-order valence-electron chi connectivity index (χ2n) is 20.7. The lowest BCUT2D eigenvalue weighted by Gasteiger charge is -2.55. The zero-order valence-electron chi connectivity index (χ0n) is 38.4. The Morgan fingerprint density at radius 1 is 0.850 bits per heavy atom. The molecule has 344 valence electrons. The number of hydrogen-bond donors (Lipinski definition) is 5. The van der Waals surface area contributed by atoms with Gasteiger partial charge in [-0.2, -0.15) is 0 Å². The van der Waals surface area contributed by atoms with Gasteiger partial charge in [-0.15, -0.1) is 0 Å². The highest BCUT2D eigenvalue weighted by Crippen LogP contribution is 2.54. The van der Waals surface area contributed by atoms with Gasteiger partial charge in [0.1, 0.15) is 6.04 Å². The van der Waals surface area contributed by atoms with Crippen molar-refractivity contribution < 1.29 is 53.7 Å². The zero-order valence-corrected chi connectivity index (χ0v) is 38.4. The van der Waals surface area contributed by atoms with Gasteiger partial charge in [0.05, 0.1) is 59.8 Å². The number of carbonyl (C=O) groups is 2. The van der Waals surface area contributed by atoms with E-state index in [0.717, 1.165) is 38.5 Å². The number of carboxylic acids is 1. The summed E-state index contributed by atoms with van der Waals surface area (Å²) in [5.74, 6) is -5.02. The highest BCUT2D eigenvalue weighted by molar-refractivity contribution is 5.79. The van der Waals surface area contributed by atoms with Crippen LogP contribution in [-0.4, -0.2) is 104 Å². The van der Waals surface area contributed by atoms with Crippen LogP contribution in [0.2, 0.25) is 0 Å². The minimum absolute atomic E-state index is 0.0180. The highest BCUT2D eigenvalue weighted by Gasteiger charge is 2.63. The summed E-state index contributed by atoms with van der Waals surface area (Å²) in [6.45, 7) is 20.1. The molecule has 0 aromatic heterocycles. The molecule has 0 aromatic rings. The van der Waals surface area contributed by atoms with Gasteiger partial charge in [0, 0.05) is 36.0 Å². The molecule has 0 aromatic carbocycles. The molecule has 12 nitrogen and oxygen atoms in total. The molecule has 1 amide bonds. The van der Waals surface area contributed by atoms with Crippen LogP contribution in [0.4, 0.5) is 0 Å². The molecule has 5 heterocycles. The molecule has 4 saturated heterocycles. The molecule has 5 N–H and O–H groups in total. The van der Waals surface area contributed by atoms with Crippen molar-refractivity contribution in [2.75, 3.05) is 0 Å². The third-order valence-electron chi connectivity index (χ3n) is 16.7. The van der Waals surface area contributed by atoms with E-state index in [4.69, 9.17) is 23.7 Å². The fraction of sp³-hybridized carbons (Fsp3) is 0.917. The number of ether oxygens (including phenoxy) is 5. The van der Waals surface area contributed by atoms with E-state index in [1.54, 1.807) is 0 Å². The number of aliphatic hydroxyl groups is 3. The summed E-state index contributed by atoms with van der Waals surface area (Å²) in [7, 11) is 0. The number of amides is 1. The van der Waals surface area contributed by atoms with Gasteiger partial charge >= 0.3 is 5.97 Å². The smallest absolute Gasteiger partial charge is 0.309 e. The highest BCUT2D eigenvalue weighted by atomic mass is 16.8. The van der Waals surface area contributed by atoms with E-state index in [-0.39, 0.29) is 59.7 Å². The van der Waals surface area contributed by atoms with Crippen LogP contribution >= 0.6 is 0 Å². The monoisotopic (exact) mass is 848 g/mol. The lowest BCUT2D eigenvalue weighted by Crippen LogP contribution is -2.66. The topological polar surface area (TPSA) is 173 Å². The van der Waals surface area contributed by atoms with Gasteiger partial charge < -0.3 is 49.4 Å². The largest absolute Gasteiger partial charge is 0.481 e. The van der Waals surface area contributed by atoms with Gasteiger partial charge in [-0.05, 0) is 102 Å². The van der Waals surface area contributed by atoms with Crippen LogP contribution in [0.5, 0.6) is 0 Å². The second-order valence-corrected chi connectivity index (χ2v) is 20.7. The molecule has 1 saturated carbocycles. The maximum atomic E-state index is 13.7. The number of nitrogens with one attached hydrogen (secondary N) is 1. The summed E-state index contributed by atoms with van der Waals surface area (Å²) in [6, 6.07) is -0.559. The van der Waals surface area contributed by atoms with Crippen LogP contribution in [0.25, 0.3) is 0 Å². The maximum Gasteiger partial charge on any atom is 0.309 e. The summed E-state index contributed by atoms with van der Waals surface area (Å²) in [4.78, 5) is 25.8. The van der Waals surface area contributed by atoms with Gasteiger partial charge in [-0.25, -0.2) is 0 Å². The molecule has 12 heteroatoms. The molecular weight excluding hydrogens is 767 g/mol. The average Bonchev–Trinajstić information content (AvgIpc) is 3.88. The Morgan fingerprint density at radius 2 is 1.55 bits per heavy atom. The van der Waals surface area contributed by atoms with Crippen molar-refractivity contribution in [3.05, 3.63) is 12.2 Å². The lowest BCUT2D eigenvalue weighted by molar-refractivity contribution is -0.400. The Morgan fingerprint density at radius 3 is 2.17 bits per heavy atom. The van der Waals surface area contributed by atoms with Crippen LogP contribution in [-0.2, 0) is 33.3 Å². The van der Waals surface area contributed by atoms with E-state index in [2.05, 4.69) is 39.9 Å². The Bertz CT molecular complexity index is 1510. The molecule has 2 spiro atoms. The molecule has 19 atom stereocenters. The Hall–Kier alpha value is -1.64. The summed E-state index contributed by atoms with van der Waals surface area (Å²) in [6.07, 6.45) is 10.5. The predicted molar refractivity (Wildman–Crippen MR) is 228 cm³/mol. The van der Waals surface area contributed by atoms with Gasteiger partial charge in [0.15, 0.2) is 11.6 Å². The molecular formula is C48H81NO11. The molecule has 1 aliphatic carbocycles. The van der Waals surface area contributed by atoms with E-state index in [1.165, 1.54) is 0 Å². The first-order valence-corrected chi connectivity index (χ1v) is 24.0. The van der Waals surface area contributed by atoms with Crippen LogP contribution in [0.15, 0.2) is 12.2 Å². The van der Waals surface area contributed by atoms with Gasteiger partial charge in [0.2, 0.25) is 5.91 Å². The predicted octanol–water partition coefficient (Wildman–Crippen LogP) is 7.29. The number of aliphatic carboxylic acids is 1. The van der Waals surface area contributed by atoms with Crippen LogP contribution < -0.4 is 5.32 Å². The van der Waals surface area contributed by atoms with Crippen LogP contribution in [0.3, 0.4) is 0 Å². The second kappa shape index (κ2) is 18.8. The van der Waals surface area contributed by atoms with Gasteiger partial charge in [-0.3, -0.25) is 9.59 Å². The van der Waals surface area contributed by atoms with Crippen molar-refractivity contribution in [2.45, 2.75) is 231 Å². The van der Waals surface area contributed by atoms with E-state index in [9.17, 15) is 30.0 Å². The summed E-state index contributed by atoms with van der Waals surface area (Å²) < 4.78 is 34.8. The summed E-state index contributed by atoms with van der Waals surface area (Å²) >= 11 is 0. The molecule has 0 bridgehead atoms. The number of carboxylic acid groups (broad SMARTS) is 1. The lowest BCUT2D eigenvalue weighted by atomic mass is 9.72. The van der Waals surface area contributed by atoms with Crippen LogP contribution in [0.1, 0.15) is 159 Å². The van der Waals surface area contributed by atoms with Crippen molar-refractivity contribution in [2.24, 2.45) is 47.3 Å². The van der Waals surface area contributed by atoms with E-state index in [1.807, 2.05) is 46.8 Å². The molecule has 6 rings (SSSR count). The number of aliphatic hydroxyl groups excluding tert-OH is 2. The molecule has 5 aliphatic heterocycles. The third-order valence-corrected chi connectivity index (χ3v) is 16.7. The Labute approximate surface area is 360 Å². The first kappa shape index (κ1) is 47.8. The molecule has 0 radical (unpaired) electrons. The number of carbonyl (C=O) groups excluding carboxylic acids is 1. The molecule has 6 aliphatic rings. The van der Waals surface area contributed by atoms with E-state index < -0.39 is 71.0 Å². The minimum atomic E-state index is -1.24.